The highest BCUT2D eigenvalue weighted by molar-refractivity contribution is 5.93. The molecule has 3 aromatic rings. The van der Waals surface area contributed by atoms with Crippen molar-refractivity contribution in [3.05, 3.63) is 54.2 Å². The van der Waals surface area contributed by atoms with Crippen LogP contribution in [-0.4, -0.2) is 25.2 Å². The zero-order valence-corrected chi connectivity index (χ0v) is 11.2. The fourth-order valence-electron chi connectivity index (χ4n) is 2.37. The predicted octanol–water partition coefficient (Wildman–Crippen LogP) is 2.32. The summed E-state index contributed by atoms with van der Waals surface area (Å²) < 4.78 is 4.06. The third-order valence-corrected chi connectivity index (χ3v) is 3.52. The van der Waals surface area contributed by atoms with Crippen molar-refractivity contribution in [2.75, 3.05) is 0 Å². The Kier molecular flexibility index (Phi) is 3.02. The van der Waals surface area contributed by atoms with Crippen LogP contribution in [0.2, 0.25) is 0 Å². The van der Waals surface area contributed by atoms with Gasteiger partial charge in [-0.25, -0.2) is 9.78 Å². The topological polar surface area (TPSA) is 60.0 Å². The van der Waals surface area contributed by atoms with Crippen LogP contribution >= 0.6 is 0 Å². The van der Waals surface area contributed by atoms with Gasteiger partial charge in [0.25, 0.3) is 0 Å². The fraction of sp³-hybridized carbons (Fsp3) is 0.200. The smallest absolute Gasteiger partial charge is 0.335 e. The second kappa shape index (κ2) is 4.85. The molecule has 2 aromatic heterocycles. The van der Waals surface area contributed by atoms with Gasteiger partial charge in [-0.05, 0) is 23.6 Å². The summed E-state index contributed by atoms with van der Waals surface area (Å²) in [4.78, 5) is 15.3. The number of hydrogen-bond donors (Lipinski definition) is 1. The molecule has 1 N–H and O–H groups in total. The summed E-state index contributed by atoms with van der Waals surface area (Å²) in [6.07, 6.45) is 6.50. The molecule has 0 atom stereocenters. The minimum atomic E-state index is -0.899. The third-order valence-electron chi connectivity index (χ3n) is 3.52. The Morgan fingerprint density at radius 1 is 1.30 bits per heavy atom. The Morgan fingerprint density at radius 3 is 2.85 bits per heavy atom. The largest absolute Gasteiger partial charge is 0.478 e. The molecule has 20 heavy (non-hydrogen) atoms. The predicted molar refractivity (Wildman–Crippen MR) is 75.8 cm³/mol. The number of carboxylic acid groups (broad SMARTS) is 1. The molecule has 3 rings (SSSR count). The van der Waals surface area contributed by atoms with Crippen LogP contribution in [0.5, 0.6) is 0 Å². The molecule has 0 radical (unpaired) electrons. The minimum absolute atomic E-state index is 0.314. The lowest BCUT2D eigenvalue weighted by Crippen LogP contribution is -2.05. The normalized spacial score (nSPS) is 11.1. The first kappa shape index (κ1) is 12.5. The van der Waals surface area contributed by atoms with E-state index >= 15 is 0 Å². The lowest BCUT2D eigenvalue weighted by atomic mass is 10.1. The maximum Gasteiger partial charge on any atom is 0.335 e. The number of benzene rings is 1. The van der Waals surface area contributed by atoms with Crippen LogP contribution in [0.15, 0.2) is 42.9 Å². The first-order valence-corrected chi connectivity index (χ1v) is 6.43. The molecule has 0 amide bonds. The zero-order valence-electron chi connectivity index (χ0n) is 11.2. The Morgan fingerprint density at radius 2 is 2.15 bits per heavy atom. The number of imidazole rings is 1. The molecule has 0 saturated carbocycles. The second-order valence-electron chi connectivity index (χ2n) is 4.79. The van der Waals surface area contributed by atoms with Crippen molar-refractivity contribution < 1.29 is 9.90 Å². The molecule has 0 bridgehead atoms. The van der Waals surface area contributed by atoms with Gasteiger partial charge in [-0.15, -0.1) is 0 Å². The van der Waals surface area contributed by atoms with E-state index < -0.39 is 5.97 Å². The first-order valence-electron chi connectivity index (χ1n) is 6.43. The van der Waals surface area contributed by atoms with Gasteiger partial charge in [-0.2, -0.15) is 0 Å². The SMILES string of the molecule is Cn1ccnc1CCn1ccc2ccc(C(=O)O)cc21. The molecular weight excluding hydrogens is 254 g/mol. The quantitative estimate of drug-likeness (QED) is 0.790. The van der Waals surface area contributed by atoms with E-state index in [4.69, 9.17) is 5.11 Å². The molecule has 0 fully saturated rings. The summed E-state index contributed by atoms with van der Waals surface area (Å²) >= 11 is 0. The molecule has 2 heterocycles. The van der Waals surface area contributed by atoms with E-state index in [1.807, 2.05) is 36.1 Å². The molecule has 5 nitrogen and oxygen atoms in total. The van der Waals surface area contributed by atoms with Crippen molar-refractivity contribution in [1.29, 1.82) is 0 Å². The van der Waals surface area contributed by atoms with Gasteiger partial charge in [0.1, 0.15) is 5.82 Å². The summed E-state index contributed by atoms with van der Waals surface area (Å²) in [6, 6.07) is 7.19. The minimum Gasteiger partial charge on any atom is -0.478 e. The van der Waals surface area contributed by atoms with Crippen molar-refractivity contribution in [2.24, 2.45) is 7.05 Å². The molecule has 0 aliphatic rings. The second-order valence-corrected chi connectivity index (χ2v) is 4.79. The molecule has 0 aliphatic heterocycles. The molecule has 1 aromatic carbocycles. The van der Waals surface area contributed by atoms with Gasteiger partial charge < -0.3 is 14.2 Å². The average Bonchev–Trinajstić information content (AvgIpc) is 3.02. The number of carboxylic acids is 1. The van der Waals surface area contributed by atoms with Gasteiger partial charge in [0.05, 0.1) is 5.56 Å². The van der Waals surface area contributed by atoms with Gasteiger partial charge >= 0.3 is 5.97 Å². The Balaban J connectivity index is 1.89. The van der Waals surface area contributed by atoms with Crippen LogP contribution in [0.3, 0.4) is 0 Å². The van der Waals surface area contributed by atoms with Crippen LogP contribution in [0.25, 0.3) is 10.9 Å². The van der Waals surface area contributed by atoms with Gasteiger partial charge in [0.15, 0.2) is 0 Å². The maximum atomic E-state index is 11.0. The van der Waals surface area contributed by atoms with Crippen molar-refractivity contribution in [2.45, 2.75) is 13.0 Å². The molecule has 102 valence electrons. The van der Waals surface area contributed by atoms with Crippen LogP contribution in [0.4, 0.5) is 0 Å². The molecule has 0 aliphatic carbocycles. The molecular formula is C15H15N3O2. The Hall–Kier alpha value is -2.56. The van der Waals surface area contributed by atoms with Gasteiger partial charge in [-0.3, -0.25) is 0 Å². The van der Waals surface area contributed by atoms with E-state index in [2.05, 4.69) is 9.55 Å². The van der Waals surface area contributed by atoms with Crippen LogP contribution < -0.4 is 0 Å². The number of carbonyl (C=O) groups is 1. The highest BCUT2D eigenvalue weighted by Crippen LogP contribution is 2.18. The van der Waals surface area contributed by atoms with Crippen molar-refractivity contribution in [1.82, 2.24) is 14.1 Å². The number of rotatable bonds is 4. The monoisotopic (exact) mass is 269 g/mol. The summed E-state index contributed by atoms with van der Waals surface area (Å²) in [5.74, 6) is 0.116. The van der Waals surface area contributed by atoms with E-state index in [-0.39, 0.29) is 0 Å². The molecule has 5 heteroatoms. The summed E-state index contributed by atoms with van der Waals surface area (Å²) in [5, 5.41) is 10.1. The van der Waals surface area contributed by atoms with Gasteiger partial charge in [0.2, 0.25) is 0 Å². The van der Waals surface area contributed by atoms with E-state index in [1.54, 1.807) is 18.3 Å². The number of fused-ring (bicyclic) bond motifs is 1. The Labute approximate surface area is 116 Å². The van der Waals surface area contributed by atoms with Crippen LogP contribution in [0, 0.1) is 0 Å². The van der Waals surface area contributed by atoms with Crippen molar-refractivity contribution in [3.8, 4) is 0 Å². The summed E-state index contributed by atoms with van der Waals surface area (Å²) in [6.45, 7) is 0.775. The number of hydrogen-bond acceptors (Lipinski definition) is 2. The third kappa shape index (κ3) is 2.18. The van der Waals surface area contributed by atoms with Crippen molar-refractivity contribution in [3.63, 3.8) is 0 Å². The number of aryl methyl sites for hydroxylation is 3. The van der Waals surface area contributed by atoms with Crippen LogP contribution in [-0.2, 0) is 20.0 Å². The lowest BCUT2D eigenvalue weighted by Gasteiger charge is -2.06. The van der Waals surface area contributed by atoms with Crippen LogP contribution in [0.1, 0.15) is 16.2 Å². The van der Waals surface area contributed by atoms with E-state index in [0.29, 0.717) is 5.56 Å². The number of nitrogens with zero attached hydrogens (tertiary/aromatic N) is 3. The first-order chi connectivity index (χ1) is 9.65. The van der Waals surface area contributed by atoms with E-state index in [1.165, 1.54) is 0 Å². The summed E-state index contributed by atoms with van der Waals surface area (Å²) in [5.41, 5.74) is 1.26. The maximum absolute atomic E-state index is 11.0. The summed E-state index contributed by atoms with van der Waals surface area (Å²) in [7, 11) is 1.97. The lowest BCUT2D eigenvalue weighted by molar-refractivity contribution is 0.0697. The highest BCUT2D eigenvalue weighted by Gasteiger charge is 2.07. The van der Waals surface area contributed by atoms with E-state index in [0.717, 1.165) is 29.7 Å². The molecule has 0 unspecified atom stereocenters. The Bertz CT molecular complexity index is 770. The highest BCUT2D eigenvalue weighted by atomic mass is 16.4. The number of aromatic carboxylic acids is 1. The fourth-order valence-corrected chi connectivity index (χ4v) is 2.37. The van der Waals surface area contributed by atoms with Gasteiger partial charge in [-0.1, -0.05) is 6.07 Å². The number of aromatic nitrogens is 3. The molecule has 0 saturated heterocycles. The zero-order chi connectivity index (χ0) is 14.1. The van der Waals surface area contributed by atoms with E-state index in [9.17, 15) is 4.79 Å². The average molecular weight is 269 g/mol. The van der Waals surface area contributed by atoms with Gasteiger partial charge in [0, 0.05) is 44.1 Å². The standard InChI is InChI=1S/C15H15N3O2/c1-17-9-6-16-14(17)5-8-18-7-4-11-2-3-12(15(19)20)10-13(11)18/h2-4,6-7,9-10H,5,8H2,1H3,(H,19,20). The van der Waals surface area contributed by atoms with Crippen molar-refractivity contribution >= 4 is 16.9 Å². The molecule has 0 spiro atoms.